The highest BCUT2D eigenvalue weighted by molar-refractivity contribution is 6.04. The van der Waals surface area contributed by atoms with E-state index in [4.69, 9.17) is 9.84 Å². The molecule has 1 aromatic heterocycles. The monoisotopic (exact) mass is 298 g/mol. The Balaban J connectivity index is 1.85. The van der Waals surface area contributed by atoms with Crippen molar-refractivity contribution in [2.75, 3.05) is 20.2 Å². The fraction of sp³-hybridized carbons (Fsp3) is 0.438. The van der Waals surface area contributed by atoms with Crippen LogP contribution in [-0.4, -0.2) is 35.6 Å². The number of ether oxygens (including phenoxy) is 1. The molecule has 1 unspecified atom stereocenters. The summed E-state index contributed by atoms with van der Waals surface area (Å²) in [5.74, 6) is 1.64. The lowest BCUT2D eigenvalue weighted by molar-refractivity contribution is 0.275. The van der Waals surface area contributed by atoms with Crippen LogP contribution < -0.4 is 10.9 Å². The molecule has 2 aliphatic heterocycles. The summed E-state index contributed by atoms with van der Waals surface area (Å²) in [6, 6.07) is 1.64. The summed E-state index contributed by atoms with van der Waals surface area (Å²) < 4.78 is 7.31. The summed E-state index contributed by atoms with van der Waals surface area (Å²) in [5.41, 5.74) is 1.66. The molecule has 1 aliphatic carbocycles. The first-order valence-corrected chi connectivity index (χ1v) is 7.63. The molecule has 0 saturated carbocycles. The summed E-state index contributed by atoms with van der Waals surface area (Å²) in [4.78, 5) is 16.3. The number of fused-ring (bicyclic) bond motifs is 3. The van der Waals surface area contributed by atoms with Gasteiger partial charge in [0, 0.05) is 12.0 Å². The minimum absolute atomic E-state index is 0.163. The third kappa shape index (κ3) is 2.02. The molecule has 3 aliphatic rings. The highest BCUT2D eigenvalue weighted by Crippen LogP contribution is 2.35. The van der Waals surface area contributed by atoms with E-state index < -0.39 is 0 Å². The predicted octanol–water partition coefficient (Wildman–Crippen LogP) is 1.11. The van der Waals surface area contributed by atoms with E-state index in [1.54, 1.807) is 13.2 Å². The molecule has 6 nitrogen and oxygen atoms in total. The molecule has 0 bridgehead atoms. The van der Waals surface area contributed by atoms with Crippen LogP contribution in [0.15, 0.2) is 39.9 Å². The Bertz CT molecular complexity index is 754. The van der Waals surface area contributed by atoms with Crippen LogP contribution in [0.4, 0.5) is 0 Å². The number of allylic oxidation sites excluding steroid dienone is 4. The minimum Gasteiger partial charge on any atom is -0.500 e. The van der Waals surface area contributed by atoms with Crippen molar-refractivity contribution < 1.29 is 4.74 Å². The molecular weight excluding hydrogens is 280 g/mol. The molecule has 22 heavy (non-hydrogen) atoms. The number of hydrogen-bond donors (Lipinski definition) is 1. The highest BCUT2D eigenvalue weighted by Gasteiger charge is 2.35. The Labute approximate surface area is 128 Å². The zero-order valence-corrected chi connectivity index (χ0v) is 12.5. The number of methoxy groups -OCH3 is 1. The largest absolute Gasteiger partial charge is 0.500 e. The minimum atomic E-state index is -0.193. The Morgan fingerprint density at radius 3 is 2.95 bits per heavy atom. The topological polar surface area (TPSA) is 68.5 Å². The van der Waals surface area contributed by atoms with Gasteiger partial charge < -0.3 is 10.1 Å². The van der Waals surface area contributed by atoms with Gasteiger partial charge in [-0.05, 0) is 38.1 Å². The van der Waals surface area contributed by atoms with Crippen LogP contribution in [0.2, 0.25) is 0 Å². The molecule has 1 fully saturated rings. The van der Waals surface area contributed by atoms with Gasteiger partial charge in [0.05, 0.1) is 18.5 Å². The normalized spacial score (nSPS) is 23.6. The second-order valence-electron chi connectivity index (χ2n) is 5.80. The van der Waals surface area contributed by atoms with Gasteiger partial charge in [-0.2, -0.15) is 10.1 Å². The zero-order valence-electron chi connectivity index (χ0n) is 12.5. The Morgan fingerprint density at radius 2 is 2.18 bits per heavy atom. The summed E-state index contributed by atoms with van der Waals surface area (Å²) in [6.07, 6.45) is 7.81. The quantitative estimate of drug-likeness (QED) is 0.888. The molecular formula is C16H18N4O2. The first-order chi connectivity index (χ1) is 10.8. The van der Waals surface area contributed by atoms with Crippen molar-refractivity contribution in [2.24, 2.45) is 5.10 Å². The third-order valence-electron chi connectivity index (χ3n) is 4.53. The molecule has 1 saturated heterocycles. The Hall–Kier alpha value is -2.21. The summed E-state index contributed by atoms with van der Waals surface area (Å²) >= 11 is 0. The van der Waals surface area contributed by atoms with E-state index >= 15 is 0 Å². The molecule has 114 valence electrons. The molecule has 1 N–H and O–H groups in total. The van der Waals surface area contributed by atoms with E-state index in [1.807, 2.05) is 22.9 Å². The highest BCUT2D eigenvalue weighted by atomic mass is 16.5. The lowest BCUT2D eigenvalue weighted by atomic mass is 9.93. The number of nitrogens with one attached hydrogen (secondary N) is 1. The van der Waals surface area contributed by atoms with E-state index in [9.17, 15) is 4.79 Å². The standard InChI is InChI=1S/C16H18N4O2/c1-22-13-4-2-3-11-15(13)16-18-14(21)9-12(20(16)19-11)10-5-7-17-8-6-10/h2-4,9-10,15,17H,5-8H2,1H3. The Morgan fingerprint density at radius 1 is 1.36 bits per heavy atom. The van der Waals surface area contributed by atoms with E-state index in [2.05, 4.69) is 10.3 Å². The average Bonchev–Trinajstić information content (AvgIpc) is 2.93. The summed E-state index contributed by atoms with van der Waals surface area (Å²) in [6.45, 7) is 1.94. The molecule has 1 atom stereocenters. The number of rotatable bonds is 2. The number of hydrogen-bond acceptors (Lipinski definition) is 5. The summed E-state index contributed by atoms with van der Waals surface area (Å²) in [7, 11) is 1.64. The van der Waals surface area contributed by atoms with Crippen LogP contribution in [-0.2, 0) is 4.74 Å². The number of piperidine rings is 1. The van der Waals surface area contributed by atoms with Gasteiger partial charge in [0.2, 0.25) is 0 Å². The van der Waals surface area contributed by atoms with Crippen LogP contribution in [0.25, 0.3) is 0 Å². The summed E-state index contributed by atoms with van der Waals surface area (Å²) in [5, 5.41) is 8.05. The molecule has 0 amide bonds. The van der Waals surface area contributed by atoms with Crippen molar-refractivity contribution in [2.45, 2.75) is 24.7 Å². The van der Waals surface area contributed by atoms with Crippen LogP contribution in [0.5, 0.6) is 0 Å². The maximum Gasteiger partial charge on any atom is 0.273 e. The second kappa shape index (κ2) is 5.21. The number of aromatic nitrogens is 2. The molecule has 4 rings (SSSR count). The van der Waals surface area contributed by atoms with Crippen LogP contribution >= 0.6 is 0 Å². The van der Waals surface area contributed by atoms with Gasteiger partial charge in [0.25, 0.3) is 5.56 Å². The first kappa shape index (κ1) is 13.5. The maximum absolute atomic E-state index is 12.1. The Kier molecular flexibility index (Phi) is 3.18. The van der Waals surface area contributed by atoms with Crippen LogP contribution in [0.1, 0.15) is 36.2 Å². The van der Waals surface area contributed by atoms with Gasteiger partial charge in [-0.25, -0.2) is 4.68 Å². The van der Waals surface area contributed by atoms with Crippen molar-refractivity contribution in [3.05, 3.63) is 51.9 Å². The third-order valence-corrected chi connectivity index (χ3v) is 4.53. The van der Waals surface area contributed by atoms with E-state index in [0.29, 0.717) is 11.7 Å². The molecule has 1 aromatic rings. The van der Waals surface area contributed by atoms with E-state index in [-0.39, 0.29) is 11.5 Å². The molecule has 0 spiro atoms. The maximum atomic E-state index is 12.1. The zero-order chi connectivity index (χ0) is 15.1. The van der Waals surface area contributed by atoms with Gasteiger partial charge in [-0.1, -0.05) is 6.08 Å². The second-order valence-corrected chi connectivity index (χ2v) is 5.80. The van der Waals surface area contributed by atoms with Crippen molar-refractivity contribution in [3.8, 4) is 0 Å². The average molecular weight is 298 g/mol. The SMILES string of the molecule is COC1=CC=CC2=Nn3c(C4CCNCC4)cc(=O)nc3C12. The smallest absolute Gasteiger partial charge is 0.273 e. The lowest BCUT2D eigenvalue weighted by Gasteiger charge is -2.24. The van der Waals surface area contributed by atoms with Crippen LogP contribution in [0.3, 0.4) is 0 Å². The van der Waals surface area contributed by atoms with Gasteiger partial charge in [0.15, 0.2) is 5.82 Å². The van der Waals surface area contributed by atoms with Gasteiger partial charge in [0.1, 0.15) is 11.7 Å². The predicted molar refractivity (Wildman–Crippen MR) is 83.1 cm³/mol. The van der Waals surface area contributed by atoms with Crippen LogP contribution in [0, 0.1) is 0 Å². The van der Waals surface area contributed by atoms with Crippen molar-refractivity contribution in [3.63, 3.8) is 0 Å². The fourth-order valence-electron chi connectivity index (χ4n) is 3.45. The van der Waals surface area contributed by atoms with Gasteiger partial charge >= 0.3 is 0 Å². The fourth-order valence-corrected chi connectivity index (χ4v) is 3.45. The molecule has 0 radical (unpaired) electrons. The molecule has 6 heteroatoms. The van der Waals surface area contributed by atoms with Crippen molar-refractivity contribution >= 4 is 5.71 Å². The van der Waals surface area contributed by atoms with E-state index in [1.165, 1.54) is 0 Å². The number of nitrogens with zero attached hydrogens (tertiary/aromatic N) is 3. The lowest BCUT2D eigenvalue weighted by Crippen LogP contribution is -2.29. The van der Waals surface area contributed by atoms with Crippen molar-refractivity contribution in [1.29, 1.82) is 0 Å². The van der Waals surface area contributed by atoms with Gasteiger partial charge in [-0.15, -0.1) is 0 Å². The van der Waals surface area contributed by atoms with E-state index in [0.717, 1.165) is 43.1 Å². The van der Waals surface area contributed by atoms with Gasteiger partial charge in [-0.3, -0.25) is 4.79 Å². The molecule has 0 aromatic carbocycles. The van der Waals surface area contributed by atoms with Crippen molar-refractivity contribution in [1.82, 2.24) is 15.0 Å². The molecule has 3 heterocycles. The first-order valence-electron chi connectivity index (χ1n) is 7.63.